The fourth-order valence-electron chi connectivity index (χ4n) is 3.14. The van der Waals surface area contributed by atoms with Crippen molar-refractivity contribution in [3.05, 3.63) is 34.9 Å². The maximum atomic E-state index is 13.6. The highest BCUT2D eigenvalue weighted by atomic mass is 35.5. The lowest BCUT2D eigenvalue weighted by atomic mass is 10.2. The van der Waals surface area contributed by atoms with Crippen molar-refractivity contribution >= 4 is 43.2 Å². The number of phosphoric ester groups is 1. The van der Waals surface area contributed by atoms with Gasteiger partial charge < -0.3 is 34.3 Å². The predicted octanol–water partition coefficient (Wildman–Crippen LogP) is 0.131. The van der Waals surface area contributed by atoms with Gasteiger partial charge in [0.1, 0.15) is 26.4 Å². The third-order valence-electron chi connectivity index (χ3n) is 5.12. The number of esters is 2. The van der Waals surface area contributed by atoms with E-state index in [9.17, 15) is 23.7 Å². The molecule has 2 aliphatic rings. The minimum Gasteiger partial charge on any atom is -0.462 e. The molecule has 15 nitrogen and oxygen atoms in total. The van der Waals surface area contributed by atoms with E-state index in [4.69, 9.17) is 48.9 Å². The van der Waals surface area contributed by atoms with Crippen LogP contribution in [0, 0.1) is 0 Å². The van der Waals surface area contributed by atoms with E-state index in [0.717, 1.165) is 0 Å². The van der Waals surface area contributed by atoms with E-state index in [1.165, 1.54) is 0 Å². The van der Waals surface area contributed by atoms with Gasteiger partial charge in [0.25, 0.3) is 0 Å². The van der Waals surface area contributed by atoms with E-state index in [-0.39, 0.29) is 46.2 Å². The number of ether oxygens (including phenoxy) is 5. The van der Waals surface area contributed by atoms with Gasteiger partial charge in [0.15, 0.2) is 12.1 Å². The Morgan fingerprint density at radius 3 is 1.73 bits per heavy atom. The third kappa shape index (κ3) is 11.5. The first kappa shape index (κ1) is 31.9. The van der Waals surface area contributed by atoms with Crippen LogP contribution in [0.3, 0.4) is 0 Å². The van der Waals surface area contributed by atoms with Gasteiger partial charge in [0.05, 0.1) is 46.2 Å². The van der Waals surface area contributed by atoms with Crippen LogP contribution in [0.2, 0.25) is 5.02 Å². The molecule has 2 saturated heterocycles. The Kier molecular flexibility index (Phi) is 13.2. The van der Waals surface area contributed by atoms with E-state index < -0.39 is 70.1 Å². The van der Waals surface area contributed by atoms with Crippen LogP contribution in [0.4, 0.5) is 0 Å². The summed E-state index contributed by atoms with van der Waals surface area (Å²) >= 11 is 5.90. The molecule has 0 saturated carbocycles. The first-order valence-corrected chi connectivity index (χ1v) is 14.0. The minimum atomic E-state index is -4.56. The number of nitrogens with one attached hydrogen (secondary N) is 2. The topological polar surface area (TPSA) is 183 Å². The molecule has 40 heavy (non-hydrogen) atoms. The minimum absolute atomic E-state index is 0.0444. The van der Waals surface area contributed by atoms with Crippen LogP contribution >= 0.6 is 19.4 Å². The Bertz CT molecular complexity index is 1000. The second kappa shape index (κ2) is 16.6. The average molecular weight is 609 g/mol. The number of carbonyl (C=O) groups is 4. The molecule has 2 heterocycles. The number of rotatable bonds is 3. The SMILES string of the molecule is O=C1COCCOCC(=O)N[C@@H]2COP(=O)(OCc3ccc(Cl)cc3)OC[C@H](N1)C(=O)OCCOCCOC2=O. The number of hydrogen-bond acceptors (Lipinski definition) is 13. The molecule has 1 unspecified atom stereocenters. The zero-order valence-electron chi connectivity index (χ0n) is 21.4. The highest BCUT2D eigenvalue weighted by molar-refractivity contribution is 7.48. The molecule has 0 aromatic heterocycles. The zero-order chi connectivity index (χ0) is 28.8. The van der Waals surface area contributed by atoms with Crippen molar-refractivity contribution in [3.63, 3.8) is 0 Å². The van der Waals surface area contributed by atoms with E-state index >= 15 is 0 Å². The van der Waals surface area contributed by atoms with Gasteiger partial charge in [-0.3, -0.25) is 23.2 Å². The summed E-state index contributed by atoms with van der Waals surface area (Å²) in [5.74, 6) is -3.24. The second-order valence-electron chi connectivity index (χ2n) is 8.23. The van der Waals surface area contributed by atoms with Gasteiger partial charge in [-0.05, 0) is 17.7 Å². The molecular weight excluding hydrogens is 579 g/mol. The summed E-state index contributed by atoms with van der Waals surface area (Å²) in [7, 11) is -4.56. The Labute approximate surface area is 234 Å². The maximum Gasteiger partial charge on any atom is 0.475 e. The van der Waals surface area contributed by atoms with Crippen molar-refractivity contribution in [1.82, 2.24) is 10.6 Å². The zero-order valence-corrected chi connectivity index (χ0v) is 23.0. The molecule has 0 radical (unpaired) electrons. The van der Waals surface area contributed by atoms with Crippen molar-refractivity contribution in [2.75, 3.05) is 66.1 Å². The van der Waals surface area contributed by atoms with Crippen molar-refractivity contribution in [2.45, 2.75) is 18.7 Å². The van der Waals surface area contributed by atoms with Gasteiger partial charge >= 0.3 is 19.8 Å². The summed E-state index contributed by atoms with van der Waals surface area (Å²) in [6, 6.07) is 3.51. The fourth-order valence-corrected chi connectivity index (χ4v) is 4.46. The van der Waals surface area contributed by atoms with Gasteiger partial charge in [-0.25, -0.2) is 14.2 Å². The third-order valence-corrected chi connectivity index (χ3v) is 6.75. The average Bonchev–Trinajstić information content (AvgIpc) is 2.93. The molecular formula is C23H30ClN2O13P. The van der Waals surface area contributed by atoms with Gasteiger partial charge in [-0.2, -0.15) is 0 Å². The molecule has 0 aliphatic carbocycles. The van der Waals surface area contributed by atoms with Gasteiger partial charge in [0, 0.05) is 5.02 Å². The molecule has 222 valence electrons. The van der Waals surface area contributed by atoms with Crippen molar-refractivity contribution < 1.29 is 61.0 Å². The summed E-state index contributed by atoms with van der Waals surface area (Å²) in [4.78, 5) is 50.1. The number of halogens is 1. The molecule has 3 atom stereocenters. The summed E-state index contributed by atoms with van der Waals surface area (Å²) < 4.78 is 55.8. The molecule has 2 aliphatic heterocycles. The number of amides is 2. The smallest absolute Gasteiger partial charge is 0.462 e. The first-order chi connectivity index (χ1) is 19.2. The summed E-state index contributed by atoms with van der Waals surface area (Å²) in [6.45, 7) is -3.19. The Balaban J connectivity index is 1.87. The van der Waals surface area contributed by atoms with Crippen LogP contribution in [0.15, 0.2) is 24.3 Å². The first-order valence-electron chi connectivity index (χ1n) is 12.2. The van der Waals surface area contributed by atoms with Crippen LogP contribution < -0.4 is 10.6 Å². The van der Waals surface area contributed by atoms with Crippen LogP contribution in [0.25, 0.3) is 0 Å². The number of carbonyl (C=O) groups excluding carboxylic acids is 4. The quantitative estimate of drug-likeness (QED) is 0.349. The summed E-state index contributed by atoms with van der Waals surface area (Å²) in [6.07, 6.45) is 0. The number of phosphoric acid groups is 1. The van der Waals surface area contributed by atoms with Gasteiger partial charge in [-0.15, -0.1) is 0 Å². The molecule has 2 amide bonds. The van der Waals surface area contributed by atoms with Crippen LogP contribution in [0.1, 0.15) is 5.56 Å². The lowest BCUT2D eigenvalue weighted by Gasteiger charge is -2.24. The fraction of sp³-hybridized carbons (Fsp3) is 0.565. The monoisotopic (exact) mass is 608 g/mol. The Morgan fingerprint density at radius 2 is 1.23 bits per heavy atom. The maximum absolute atomic E-state index is 13.6. The van der Waals surface area contributed by atoms with Crippen molar-refractivity contribution in [1.29, 1.82) is 0 Å². The largest absolute Gasteiger partial charge is 0.475 e. The van der Waals surface area contributed by atoms with E-state index in [1.807, 2.05) is 0 Å². The Hall–Kier alpha value is -2.62. The van der Waals surface area contributed by atoms with Crippen LogP contribution in [0.5, 0.6) is 0 Å². The van der Waals surface area contributed by atoms with E-state index in [1.54, 1.807) is 24.3 Å². The number of fused-ring (bicyclic) bond motifs is 6. The molecule has 17 heteroatoms. The molecule has 0 spiro atoms. The van der Waals surface area contributed by atoms with Crippen LogP contribution in [-0.2, 0) is 67.6 Å². The highest BCUT2D eigenvalue weighted by Crippen LogP contribution is 2.50. The molecule has 3 rings (SSSR count). The van der Waals surface area contributed by atoms with Gasteiger partial charge in [-0.1, -0.05) is 23.7 Å². The second-order valence-corrected chi connectivity index (χ2v) is 10.3. The molecule has 1 aromatic rings. The molecule has 2 bridgehead atoms. The van der Waals surface area contributed by atoms with E-state index in [2.05, 4.69) is 10.6 Å². The summed E-state index contributed by atoms with van der Waals surface area (Å²) in [5, 5.41) is 5.23. The van der Waals surface area contributed by atoms with Crippen molar-refractivity contribution in [3.8, 4) is 0 Å². The molecule has 1 aromatic carbocycles. The van der Waals surface area contributed by atoms with Crippen molar-refractivity contribution in [2.24, 2.45) is 0 Å². The van der Waals surface area contributed by atoms with E-state index in [0.29, 0.717) is 10.6 Å². The number of hydrogen-bond donors (Lipinski definition) is 2. The predicted molar refractivity (Wildman–Crippen MR) is 134 cm³/mol. The number of cyclic esters (lactones) is 2. The highest BCUT2D eigenvalue weighted by Gasteiger charge is 2.35. The summed E-state index contributed by atoms with van der Waals surface area (Å²) in [5.41, 5.74) is 0.542. The normalized spacial score (nSPS) is 27.0. The Morgan fingerprint density at radius 1 is 0.750 bits per heavy atom. The molecule has 2 fully saturated rings. The standard InChI is InChI=1S/C23H30ClN2O13P/c24-17-3-1-16(2-4-17)11-37-40(31)38-12-18-22(29)35-9-7-32-8-10-36-23(30)19(13-39-40)26-21(28)15-34-6-5-33-14-20(27)25-18/h1-4,18-19H,5-15H2,(H,25,27)(H,26,28)/t18-,19+,40?. The van der Waals surface area contributed by atoms with Crippen LogP contribution in [-0.4, -0.2) is 102 Å². The lowest BCUT2D eigenvalue weighted by Crippen LogP contribution is -2.47. The number of benzene rings is 1. The molecule has 2 N–H and O–H groups in total. The lowest BCUT2D eigenvalue weighted by molar-refractivity contribution is -0.153. The van der Waals surface area contributed by atoms with Gasteiger partial charge in [0.2, 0.25) is 11.8 Å².